The van der Waals surface area contributed by atoms with Crippen LogP contribution in [0.4, 0.5) is 5.82 Å². The van der Waals surface area contributed by atoms with E-state index < -0.39 is 5.91 Å². The normalized spacial score (nSPS) is 10.6. The number of amides is 1. The smallest absolute Gasteiger partial charge is 0.293 e. The Hall–Kier alpha value is -5.16. The maximum Gasteiger partial charge on any atom is 0.293 e. The lowest BCUT2D eigenvalue weighted by atomic mass is 9.98. The maximum absolute atomic E-state index is 13.0. The number of hydrogen-bond donors (Lipinski definition) is 4. The molecule has 0 unspecified atom stereocenters. The van der Waals surface area contributed by atoms with Gasteiger partial charge in [-0.3, -0.25) is 14.6 Å². The summed E-state index contributed by atoms with van der Waals surface area (Å²) in [5.74, 6) is 4.86. The first-order valence-corrected chi connectivity index (χ1v) is 10.7. The zero-order chi connectivity index (χ0) is 24.4. The summed E-state index contributed by atoms with van der Waals surface area (Å²) in [5, 5.41) is 15.3. The fraction of sp³-hybridized carbons (Fsp3) is 0.0370. The summed E-state index contributed by atoms with van der Waals surface area (Å²) in [6.45, 7) is 0.404. The Balaban J connectivity index is 1.78. The van der Waals surface area contributed by atoms with E-state index in [9.17, 15) is 14.7 Å². The summed E-state index contributed by atoms with van der Waals surface area (Å²) in [5.41, 5.74) is 7.70. The Bertz CT molecular complexity index is 1720. The molecule has 0 saturated carbocycles. The molecule has 0 saturated heterocycles. The number of H-pyrrole nitrogens is 1. The van der Waals surface area contributed by atoms with Gasteiger partial charge in [-0.1, -0.05) is 42.3 Å². The van der Waals surface area contributed by atoms with Crippen molar-refractivity contribution in [2.45, 2.75) is 6.54 Å². The van der Waals surface area contributed by atoms with Crippen molar-refractivity contribution in [2.75, 3.05) is 5.32 Å². The lowest BCUT2D eigenvalue weighted by Crippen LogP contribution is -2.11. The van der Waals surface area contributed by atoms with Crippen LogP contribution >= 0.6 is 0 Å². The second kappa shape index (κ2) is 9.00. The number of anilines is 1. The van der Waals surface area contributed by atoms with Gasteiger partial charge in [-0.2, -0.15) is 0 Å². The van der Waals surface area contributed by atoms with Crippen molar-refractivity contribution >= 4 is 33.4 Å². The number of nitrogens with zero attached hydrogens (tertiary/aromatic N) is 2. The molecule has 170 valence electrons. The van der Waals surface area contributed by atoms with Gasteiger partial charge < -0.3 is 21.1 Å². The van der Waals surface area contributed by atoms with Gasteiger partial charge in [0.1, 0.15) is 11.6 Å². The number of carbonyl (C=O) groups excluding carboxylic acids is 1. The van der Waals surface area contributed by atoms with Gasteiger partial charge in [0, 0.05) is 34.7 Å². The van der Waals surface area contributed by atoms with Crippen molar-refractivity contribution in [1.29, 1.82) is 0 Å². The topological polar surface area (TPSA) is 134 Å². The van der Waals surface area contributed by atoms with E-state index >= 15 is 0 Å². The zero-order valence-electron chi connectivity index (χ0n) is 18.4. The minimum atomic E-state index is -0.791. The van der Waals surface area contributed by atoms with E-state index in [2.05, 4.69) is 27.1 Å². The highest BCUT2D eigenvalue weighted by Gasteiger charge is 2.16. The van der Waals surface area contributed by atoms with Crippen LogP contribution in [0, 0.1) is 11.8 Å². The van der Waals surface area contributed by atoms with Gasteiger partial charge >= 0.3 is 0 Å². The fourth-order valence-electron chi connectivity index (χ4n) is 3.94. The lowest BCUT2D eigenvalue weighted by molar-refractivity contribution is -0.112. The number of aromatic amines is 1. The summed E-state index contributed by atoms with van der Waals surface area (Å²) in [6.07, 6.45) is 3.12. The second-order valence-corrected chi connectivity index (χ2v) is 7.78. The first-order chi connectivity index (χ1) is 17.0. The minimum Gasteiger partial charge on any atom is -0.507 e. The molecule has 5 N–H and O–H groups in total. The van der Waals surface area contributed by atoms with Crippen LogP contribution in [0.15, 0.2) is 77.9 Å². The van der Waals surface area contributed by atoms with Crippen molar-refractivity contribution in [3.8, 4) is 28.7 Å². The van der Waals surface area contributed by atoms with Crippen molar-refractivity contribution in [3.05, 3.63) is 94.7 Å². The SMILES string of the molecule is NC(=O)C#Cc1c[nH]c(=O)c2c1nc(NCc1ccccn1)c1ccc(-c3ccccc3O)cc12. The molecule has 8 heteroatoms. The first-order valence-electron chi connectivity index (χ1n) is 10.7. The number of aromatic hydroxyl groups is 1. The van der Waals surface area contributed by atoms with E-state index in [1.54, 1.807) is 24.4 Å². The number of fused-ring (bicyclic) bond motifs is 3. The van der Waals surface area contributed by atoms with Crippen LogP contribution in [0.2, 0.25) is 0 Å². The van der Waals surface area contributed by atoms with Crippen LogP contribution in [-0.4, -0.2) is 26.0 Å². The predicted octanol–water partition coefficient (Wildman–Crippen LogP) is 3.29. The number of phenolic OH excluding ortho intramolecular Hbond substituents is 1. The minimum absolute atomic E-state index is 0.126. The molecule has 3 aromatic heterocycles. The van der Waals surface area contributed by atoms with Crippen molar-refractivity contribution < 1.29 is 9.90 Å². The molecule has 8 nitrogen and oxygen atoms in total. The van der Waals surface area contributed by atoms with Crippen LogP contribution in [0.1, 0.15) is 11.3 Å². The molecular weight excluding hydrogens is 442 g/mol. The molecule has 0 fully saturated rings. The summed E-state index contributed by atoms with van der Waals surface area (Å²) >= 11 is 0. The Morgan fingerprint density at radius 2 is 1.91 bits per heavy atom. The van der Waals surface area contributed by atoms with E-state index in [4.69, 9.17) is 10.7 Å². The summed E-state index contributed by atoms with van der Waals surface area (Å²) < 4.78 is 0. The van der Waals surface area contributed by atoms with Crippen LogP contribution in [0.3, 0.4) is 0 Å². The molecule has 2 aromatic carbocycles. The number of carbonyl (C=O) groups is 1. The third-order valence-corrected chi connectivity index (χ3v) is 5.53. The number of pyridine rings is 3. The Morgan fingerprint density at radius 1 is 1.09 bits per heavy atom. The number of benzene rings is 2. The van der Waals surface area contributed by atoms with Crippen molar-refractivity contribution in [2.24, 2.45) is 5.73 Å². The van der Waals surface area contributed by atoms with Crippen LogP contribution in [0.5, 0.6) is 5.75 Å². The molecule has 5 aromatic rings. The van der Waals surface area contributed by atoms with Gasteiger partial charge in [0.05, 0.1) is 28.7 Å². The molecule has 0 atom stereocenters. The number of nitrogens with one attached hydrogen (secondary N) is 2. The average molecular weight is 461 g/mol. The lowest BCUT2D eigenvalue weighted by Gasteiger charge is -2.14. The Labute approximate surface area is 199 Å². The van der Waals surface area contributed by atoms with Gasteiger partial charge in [-0.05, 0) is 29.8 Å². The van der Waals surface area contributed by atoms with Crippen molar-refractivity contribution in [1.82, 2.24) is 15.0 Å². The molecular formula is C27H19N5O3. The van der Waals surface area contributed by atoms with E-state index in [1.807, 2.05) is 42.5 Å². The molecule has 0 aliphatic carbocycles. The van der Waals surface area contributed by atoms with E-state index in [1.165, 1.54) is 6.20 Å². The number of para-hydroxylation sites is 1. The van der Waals surface area contributed by atoms with Gasteiger partial charge in [-0.15, -0.1) is 0 Å². The third kappa shape index (κ3) is 4.26. The molecule has 5 rings (SSSR count). The maximum atomic E-state index is 13.0. The number of aromatic nitrogens is 3. The van der Waals surface area contributed by atoms with Crippen LogP contribution in [-0.2, 0) is 11.3 Å². The number of phenols is 1. The first kappa shape index (κ1) is 21.7. The standard InChI is InChI=1S/C27H19N5O3/c28-23(34)11-9-17-14-31-27(35)24-21-13-16(19-6-1-2-7-22(19)33)8-10-20(21)26(32-25(17)24)30-15-18-5-3-4-12-29-18/h1-8,10,12-14,33H,15H2,(H2,28,34)(H,30,32)(H,31,35). The molecule has 3 heterocycles. The Morgan fingerprint density at radius 3 is 2.69 bits per heavy atom. The number of hydrogen-bond acceptors (Lipinski definition) is 6. The van der Waals surface area contributed by atoms with Gasteiger partial charge in [-0.25, -0.2) is 4.98 Å². The van der Waals surface area contributed by atoms with E-state index in [0.29, 0.717) is 45.2 Å². The molecule has 0 spiro atoms. The third-order valence-electron chi connectivity index (χ3n) is 5.53. The molecule has 0 aliphatic rings. The average Bonchev–Trinajstić information content (AvgIpc) is 2.87. The highest BCUT2D eigenvalue weighted by atomic mass is 16.3. The zero-order valence-corrected chi connectivity index (χ0v) is 18.4. The van der Waals surface area contributed by atoms with Crippen LogP contribution in [0.25, 0.3) is 32.8 Å². The van der Waals surface area contributed by atoms with Gasteiger partial charge in [0.2, 0.25) is 0 Å². The summed E-state index contributed by atoms with van der Waals surface area (Å²) in [6, 6.07) is 18.1. The predicted molar refractivity (Wildman–Crippen MR) is 135 cm³/mol. The summed E-state index contributed by atoms with van der Waals surface area (Å²) in [7, 11) is 0. The molecule has 0 radical (unpaired) electrons. The van der Waals surface area contributed by atoms with Gasteiger partial charge in [0.15, 0.2) is 0 Å². The molecule has 0 aliphatic heterocycles. The molecule has 0 bridgehead atoms. The number of primary amides is 1. The highest BCUT2D eigenvalue weighted by molar-refractivity contribution is 6.12. The van der Waals surface area contributed by atoms with Crippen molar-refractivity contribution in [3.63, 3.8) is 0 Å². The number of nitrogens with two attached hydrogens (primary N) is 1. The second-order valence-electron chi connectivity index (χ2n) is 7.78. The van der Waals surface area contributed by atoms with Gasteiger partial charge in [0.25, 0.3) is 11.5 Å². The molecule has 1 amide bonds. The van der Waals surface area contributed by atoms with Crippen LogP contribution < -0.4 is 16.6 Å². The van der Waals surface area contributed by atoms with E-state index in [-0.39, 0.29) is 11.3 Å². The summed E-state index contributed by atoms with van der Waals surface area (Å²) in [4.78, 5) is 36.0. The number of rotatable bonds is 4. The monoisotopic (exact) mass is 461 g/mol. The molecule has 35 heavy (non-hydrogen) atoms. The largest absolute Gasteiger partial charge is 0.507 e. The highest BCUT2D eigenvalue weighted by Crippen LogP contribution is 2.35. The quantitative estimate of drug-likeness (QED) is 0.240. The Kier molecular flexibility index (Phi) is 5.57. The fourth-order valence-corrected chi connectivity index (χ4v) is 3.94. The van der Waals surface area contributed by atoms with E-state index in [0.717, 1.165) is 11.3 Å².